The maximum Gasteiger partial charge on any atom is 0.333 e. The van der Waals surface area contributed by atoms with Gasteiger partial charge in [0, 0.05) is 64.5 Å². The van der Waals surface area contributed by atoms with Crippen molar-refractivity contribution >= 4 is 5.91 Å². The first-order valence-corrected chi connectivity index (χ1v) is 14.3. The molecule has 1 saturated heterocycles. The zero-order valence-electron chi connectivity index (χ0n) is 22.9. The molecule has 3 aromatic rings. The normalized spacial score (nSPS) is 16.4. The molecule has 1 aromatic heterocycles. The van der Waals surface area contributed by atoms with Gasteiger partial charge in [0.15, 0.2) is 0 Å². The predicted molar refractivity (Wildman–Crippen MR) is 153 cm³/mol. The predicted octanol–water partition coefficient (Wildman–Crippen LogP) is 4.35. The Bertz CT molecular complexity index is 1290. The number of hydrogen-bond donors (Lipinski definition) is 1. The van der Waals surface area contributed by atoms with E-state index in [0.29, 0.717) is 61.6 Å². The number of ether oxygens (including phenoxy) is 2. The number of carbonyl (C=O) groups is 1. The van der Waals surface area contributed by atoms with Crippen molar-refractivity contribution in [3.05, 3.63) is 70.8 Å². The van der Waals surface area contributed by atoms with Crippen molar-refractivity contribution in [1.29, 1.82) is 0 Å². The number of piperazine rings is 1. The third-order valence-corrected chi connectivity index (χ3v) is 7.80. The number of aromatic nitrogens is 2. The summed E-state index contributed by atoms with van der Waals surface area (Å²) in [5.41, 5.74) is 2.51. The number of carbonyl (C=O) groups excluding carboxylic acids is 1. The molecule has 39 heavy (non-hydrogen) atoms. The number of amides is 1. The SMILES string of the molecule is COCCCOc1cccc(-n2c(-c3ccccc3)c(C(=O)N3CCNCC3)n(CC3CCCCC3)c2=O)c1. The van der Waals surface area contributed by atoms with Gasteiger partial charge in [-0.25, -0.2) is 4.79 Å². The van der Waals surface area contributed by atoms with Crippen molar-refractivity contribution in [2.45, 2.75) is 45.1 Å². The molecule has 1 N–H and O–H groups in total. The van der Waals surface area contributed by atoms with E-state index in [0.717, 1.165) is 37.9 Å². The van der Waals surface area contributed by atoms with Gasteiger partial charge in [-0.1, -0.05) is 55.7 Å². The quantitative estimate of drug-likeness (QED) is 0.393. The summed E-state index contributed by atoms with van der Waals surface area (Å²) in [6, 6.07) is 17.4. The Balaban J connectivity index is 1.64. The Hall–Kier alpha value is -3.36. The van der Waals surface area contributed by atoms with Gasteiger partial charge < -0.3 is 19.7 Å². The summed E-state index contributed by atoms with van der Waals surface area (Å²) in [4.78, 5) is 30.4. The first-order valence-electron chi connectivity index (χ1n) is 14.3. The number of hydrogen-bond acceptors (Lipinski definition) is 5. The average Bonchev–Trinajstić information content (AvgIpc) is 3.28. The van der Waals surface area contributed by atoms with Crippen LogP contribution < -0.4 is 15.7 Å². The standard InChI is InChI=1S/C31H40N4O4/c1-38-20-9-21-39-27-15-8-14-26(22-27)35-28(25-12-6-3-7-13-25)29(30(36)33-18-16-32-17-19-33)34(31(35)37)23-24-10-4-2-5-11-24/h3,6-8,12-15,22,24,32H,2,4-5,9-11,16-21,23H2,1H3. The van der Waals surface area contributed by atoms with Crippen molar-refractivity contribution in [1.82, 2.24) is 19.4 Å². The van der Waals surface area contributed by atoms with Crippen LogP contribution >= 0.6 is 0 Å². The smallest absolute Gasteiger partial charge is 0.333 e. The molecular weight excluding hydrogens is 492 g/mol. The fourth-order valence-corrected chi connectivity index (χ4v) is 5.78. The summed E-state index contributed by atoms with van der Waals surface area (Å²) in [5.74, 6) is 0.999. The molecule has 0 radical (unpaired) electrons. The van der Waals surface area contributed by atoms with Crippen LogP contribution in [0.2, 0.25) is 0 Å². The molecule has 2 heterocycles. The van der Waals surface area contributed by atoms with Crippen molar-refractivity contribution in [2.24, 2.45) is 5.92 Å². The van der Waals surface area contributed by atoms with Crippen LogP contribution in [0.15, 0.2) is 59.4 Å². The Morgan fingerprint density at radius 1 is 0.974 bits per heavy atom. The molecule has 0 atom stereocenters. The van der Waals surface area contributed by atoms with Gasteiger partial charge in [0.05, 0.1) is 18.0 Å². The summed E-state index contributed by atoms with van der Waals surface area (Å²) < 4.78 is 14.6. The minimum absolute atomic E-state index is 0.0750. The maximum absolute atomic E-state index is 14.3. The van der Waals surface area contributed by atoms with Gasteiger partial charge in [0.2, 0.25) is 0 Å². The molecule has 2 aromatic carbocycles. The van der Waals surface area contributed by atoms with Gasteiger partial charge in [-0.05, 0) is 30.9 Å². The molecule has 1 saturated carbocycles. The van der Waals surface area contributed by atoms with E-state index in [1.807, 2.05) is 59.5 Å². The van der Waals surface area contributed by atoms with Crippen LogP contribution in [0.4, 0.5) is 0 Å². The topological polar surface area (TPSA) is 77.7 Å². The van der Waals surface area contributed by atoms with Gasteiger partial charge >= 0.3 is 5.69 Å². The minimum Gasteiger partial charge on any atom is -0.493 e. The number of imidazole rings is 1. The van der Waals surface area contributed by atoms with Crippen molar-refractivity contribution in [3.8, 4) is 22.7 Å². The van der Waals surface area contributed by atoms with E-state index >= 15 is 0 Å². The number of nitrogens with one attached hydrogen (secondary N) is 1. The highest BCUT2D eigenvalue weighted by Crippen LogP contribution is 2.31. The molecule has 208 valence electrons. The van der Waals surface area contributed by atoms with Crippen LogP contribution in [-0.2, 0) is 11.3 Å². The van der Waals surface area contributed by atoms with Crippen LogP contribution in [0.1, 0.15) is 49.0 Å². The largest absolute Gasteiger partial charge is 0.493 e. The summed E-state index contributed by atoms with van der Waals surface area (Å²) >= 11 is 0. The van der Waals surface area contributed by atoms with Crippen molar-refractivity contribution in [3.63, 3.8) is 0 Å². The number of benzene rings is 2. The molecule has 1 aliphatic carbocycles. The van der Waals surface area contributed by atoms with Gasteiger partial charge in [-0.15, -0.1) is 0 Å². The molecule has 5 rings (SSSR count). The molecule has 2 aliphatic rings. The summed E-state index contributed by atoms with van der Waals surface area (Å²) in [5, 5.41) is 3.33. The highest BCUT2D eigenvalue weighted by atomic mass is 16.5. The van der Waals surface area contributed by atoms with Gasteiger partial charge in [0.1, 0.15) is 11.4 Å². The van der Waals surface area contributed by atoms with Crippen LogP contribution in [0.5, 0.6) is 5.75 Å². The Morgan fingerprint density at radius 2 is 1.74 bits per heavy atom. The average molecular weight is 533 g/mol. The van der Waals surface area contributed by atoms with E-state index in [2.05, 4.69) is 5.32 Å². The Morgan fingerprint density at radius 3 is 2.49 bits per heavy atom. The van der Waals surface area contributed by atoms with E-state index in [9.17, 15) is 9.59 Å². The van der Waals surface area contributed by atoms with Gasteiger partial charge in [-0.3, -0.25) is 13.9 Å². The molecule has 8 heteroatoms. The third kappa shape index (κ3) is 6.28. The van der Waals surface area contributed by atoms with E-state index in [1.165, 1.54) is 19.3 Å². The Labute approximate surface area is 230 Å². The second-order valence-corrected chi connectivity index (χ2v) is 10.5. The van der Waals surface area contributed by atoms with Crippen LogP contribution in [0, 0.1) is 5.92 Å². The highest BCUT2D eigenvalue weighted by molar-refractivity contribution is 5.99. The first-order chi connectivity index (χ1) is 19.2. The lowest BCUT2D eigenvalue weighted by Gasteiger charge is -2.29. The molecule has 2 fully saturated rings. The van der Waals surface area contributed by atoms with E-state index in [1.54, 1.807) is 16.2 Å². The van der Waals surface area contributed by atoms with Crippen molar-refractivity contribution in [2.75, 3.05) is 46.5 Å². The number of rotatable bonds is 10. The highest BCUT2D eigenvalue weighted by Gasteiger charge is 2.32. The monoisotopic (exact) mass is 532 g/mol. The second kappa shape index (κ2) is 13.1. The van der Waals surface area contributed by atoms with Crippen molar-refractivity contribution < 1.29 is 14.3 Å². The molecular formula is C31H40N4O4. The fraction of sp³-hybridized carbons (Fsp3) is 0.484. The molecule has 1 aliphatic heterocycles. The maximum atomic E-state index is 14.3. The number of methoxy groups -OCH3 is 1. The third-order valence-electron chi connectivity index (χ3n) is 7.80. The summed E-state index contributed by atoms with van der Waals surface area (Å²) in [6.07, 6.45) is 6.54. The molecule has 8 nitrogen and oxygen atoms in total. The van der Waals surface area contributed by atoms with Gasteiger partial charge in [0.25, 0.3) is 5.91 Å². The Kier molecular flexibility index (Phi) is 9.16. The minimum atomic E-state index is -0.172. The zero-order valence-corrected chi connectivity index (χ0v) is 22.9. The summed E-state index contributed by atoms with van der Waals surface area (Å²) in [6.45, 7) is 4.46. The number of nitrogens with zero attached hydrogens (tertiary/aromatic N) is 3. The zero-order chi connectivity index (χ0) is 27.0. The van der Waals surface area contributed by atoms with E-state index < -0.39 is 0 Å². The first kappa shape index (κ1) is 27.2. The molecule has 0 bridgehead atoms. The molecule has 0 unspecified atom stereocenters. The van der Waals surface area contributed by atoms with Gasteiger partial charge in [-0.2, -0.15) is 0 Å². The van der Waals surface area contributed by atoms with Crippen LogP contribution in [0.3, 0.4) is 0 Å². The van der Waals surface area contributed by atoms with Crippen LogP contribution in [-0.4, -0.2) is 66.4 Å². The molecule has 0 spiro atoms. The van der Waals surface area contributed by atoms with E-state index in [-0.39, 0.29) is 11.6 Å². The summed E-state index contributed by atoms with van der Waals surface area (Å²) in [7, 11) is 1.68. The van der Waals surface area contributed by atoms with E-state index in [4.69, 9.17) is 9.47 Å². The lowest BCUT2D eigenvalue weighted by Crippen LogP contribution is -2.47. The van der Waals surface area contributed by atoms with Crippen LogP contribution in [0.25, 0.3) is 16.9 Å². The molecule has 1 amide bonds. The lowest BCUT2D eigenvalue weighted by molar-refractivity contribution is 0.0723. The lowest BCUT2D eigenvalue weighted by atomic mass is 9.89. The second-order valence-electron chi connectivity index (χ2n) is 10.5. The fourth-order valence-electron chi connectivity index (χ4n) is 5.78.